The zero-order valence-electron chi connectivity index (χ0n) is 15.7. The van der Waals surface area contributed by atoms with E-state index in [-0.39, 0.29) is 35.7 Å². The minimum Gasteiger partial charge on any atom is -0.469 e. The zero-order chi connectivity index (χ0) is 21.0. The number of nitriles is 1. The van der Waals surface area contributed by atoms with E-state index < -0.39 is 5.91 Å². The molecule has 29 heavy (non-hydrogen) atoms. The van der Waals surface area contributed by atoms with E-state index in [1.807, 2.05) is 0 Å². The number of benzene rings is 1. The van der Waals surface area contributed by atoms with Crippen molar-refractivity contribution in [3.8, 4) is 6.07 Å². The SMILES string of the molecule is COC(=O)Cc1ccc(Nc2nn([C@@H]3COCC[C@H]3C#N)cc2C(N)=O)cc1Br. The number of primary amides is 1. The van der Waals surface area contributed by atoms with Gasteiger partial charge in [-0.1, -0.05) is 22.0 Å². The molecule has 0 spiro atoms. The number of methoxy groups -OCH3 is 1. The number of ether oxygens (including phenoxy) is 2. The molecule has 0 radical (unpaired) electrons. The van der Waals surface area contributed by atoms with Crippen LogP contribution < -0.4 is 11.1 Å². The van der Waals surface area contributed by atoms with E-state index in [2.05, 4.69) is 37.2 Å². The Labute approximate surface area is 175 Å². The summed E-state index contributed by atoms with van der Waals surface area (Å²) in [5.74, 6) is -0.954. The largest absolute Gasteiger partial charge is 0.469 e. The zero-order valence-corrected chi connectivity index (χ0v) is 17.3. The van der Waals surface area contributed by atoms with Crippen LogP contribution in [0.3, 0.4) is 0 Å². The van der Waals surface area contributed by atoms with Crippen molar-refractivity contribution in [3.63, 3.8) is 0 Å². The maximum absolute atomic E-state index is 11.9. The first-order valence-corrected chi connectivity index (χ1v) is 9.70. The number of hydrogen-bond donors (Lipinski definition) is 2. The first kappa shape index (κ1) is 20.8. The lowest BCUT2D eigenvalue weighted by Crippen LogP contribution is -2.29. The van der Waals surface area contributed by atoms with Crippen LogP contribution in [0.5, 0.6) is 0 Å². The fourth-order valence-corrected chi connectivity index (χ4v) is 3.62. The molecule has 1 aromatic heterocycles. The summed E-state index contributed by atoms with van der Waals surface area (Å²) in [4.78, 5) is 23.4. The topological polar surface area (TPSA) is 132 Å². The molecule has 9 nitrogen and oxygen atoms in total. The van der Waals surface area contributed by atoms with Gasteiger partial charge in [0.25, 0.3) is 5.91 Å². The number of amides is 1. The van der Waals surface area contributed by atoms with Crippen molar-refractivity contribution in [2.24, 2.45) is 11.7 Å². The van der Waals surface area contributed by atoms with Crippen LogP contribution in [-0.4, -0.2) is 42.0 Å². The predicted octanol–water partition coefficient (Wildman–Crippen LogP) is 2.30. The van der Waals surface area contributed by atoms with Gasteiger partial charge in [0.2, 0.25) is 0 Å². The molecule has 1 aliphatic rings. The summed E-state index contributed by atoms with van der Waals surface area (Å²) in [6, 6.07) is 7.27. The molecular formula is C19H20BrN5O4. The number of esters is 1. The van der Waals surface area contributed by atoms with Gasteiger partial charge in [-0.05, 0) is 24.1 Å². The van der Waals surface area contributed by atoms with Crippen LogP contribution in [-0.2, 0) is 20.7 Å². The van der Waals surface area contributed by atoms with E-state index in [1.165, 1.54) is 13.3 Å². The lowest BCUT2D eigenvalue weighted by Gasteiger charge is -2.26. The van der Waals surface area contributed by atoms with Crippen LogP contribution >= 0.6 is 15.9 Å². The number of carbonyl (C=O) groups excluding carboxylic acids is 2. The second kappa shape index (κ2) is 9.07. The number of nitrogens with one attached hydrogen (secondary N) is 1. The maximum Gasteiger partial charge on any atom is 0.310 e. The Kier molecular flexibility index (Phi) is 6.51. The molecule has 3 rings (SSSR count). The average Bonchev–Trinajstić information content (AvgIpc) is 3.13. The van der Waals surface area contributed by atoms with Crippen LogP contribution in [0.25, 0.3) is 0 Å². The van der Waals surface area contributed by atoms with Crippen LogP contribution in [0.15, 0.2) is 28.9 Å². The minimum atomic E-state index is -0.634. The number of aromatic nitrogens is 2. The third kappa shape index (κ3) is 4.75. The molecule has 0 saturated carbocycles. The number of halogens is 1. The number of carbonyl (C=O) groups is 2. The third-order valence-electron chi connectivity index (χ3n) is 4.71. The number of nitrogens with two attached hydrogens (primary N) is 1. The van der Waals surface area contributed by atoms with Crippen LogP contribution in [0.1, 0.15) is 28.4 Å². The molecule has 2 atom stereocenters. The Bertz CT molecular complexity index is 968. The number of nitrogens with zero attached hydrogens (tertiary/aromatic N) is 3. The van der Waals surface area contributed by atoms with Gasteiger partial charge in [-0.2, -0.15) is 10.4 Å². The lowest BCUT2D eigenvalue weighted by molar-refractivity contribution is -0.139. The summed E-state index contributed by atoms with van der Waals surface area (Å²) in [7, 11) is 1.34. The van der Waals surface area contributed by atoms with Gasteiger partial charge in [-0.3, -0.25) is 14.3 Å². The van der Waals surface area contributed by atoms with Gasteiger partial charge < -0.3 is 20.5 Å². The van der Waals surface area contributed by atoms with E-state index in [9.17, 15) is 14.9 Å². The first-order chi connectivity index (χ1) is 13.9. The minimum absolute atomic E-state index is 0.135. The first-order valence-electron chi connectivity index (χ1n) is 8.91. The third-order valence-corrected chi connectivity index (χ3v) is 5.45. The van der Waals surface area contributed by atoms with E-state index in [0.717, 1.165) is 5.56 Å². The Morgan fingerprint density at radius 1 is 1.52 bits per heavy atom. The molecule has 3 N–H and O–H groups in total. The molecule has 1 amide bonds. The smallest absolute Gasteiger partial charge is 0.310 e. The second-order valence-electron chi connectivity index (χ2n) is 6.59. The van der Waals surface area contributed by atoms with Gasteiger partial charge in [0.1, 0.15) is 5.56 Å². The highest BCUT2D eigenvalue weighted by atomic mass is 79.9. The predicted molar refractivity (Wildman–Crippen MR) is 107 cm³/mol. The van der Waals surface area contributed by atoms with Crippen LogP contribution in [0.2, 0.25) is 0 Å². The average molecular weight is 462 g/mol. The van der Waals surface area contributed by atoms with Gasteiger partial charge >= 0.3 is 5.97 Å². The standard InChI is InChI=1S/C19H20BrN5O4/c1-28-17(26)6-11-2-3-13(7-15(11)20)23-19-14(18(22)27)9-25(24-19)16-10-29-5-4-12(16)8-21/h2-3,7,9,12,16H,4-6,10H2,1H3,(H2,22,27)(H,23,24)/t12-,16+/m0/s1. The summed E-state index contributed by atoms with van der Waals surface area (Å²) in [6.45, 7) is 0.862. The molecule has 0 unspecified atom stereocenters. The van der Waals surface area contributed by atoms with Crippen LogP contribution in [0, 0.1) is 17.2 Å². The molecule has 2 heterocycles. The van der Waals surface area contributed by atoms with Gasteiger partial charge in [-0.25, -0.2) is 0 Å². The fraction of sp³-hybridized carbons (Fsp3) is 0.368. The number of anilines is 2. The highest BCUT2D eigenvalue weighted by Gasteiger charge is 2.29. The van der Waals surface area contributed by atoms with Crippen molar-refractivity contribution in [2.75, 3.05) is 25.6 Å². The molecule has 152 valence electrons. The Morgan fingerprint density at radius 2 is 2.31 bits per heavy atom. The van der Waals surface area contributed by atoms with E-state index >= 15 is 0 Å². The molecule has 0 aliphatic carbocycles. The van der Waals surface area contributed by atoms with E-state index in [0.29, 0.717) is 29.8 Å². The van der Waals surface area contributed by atoms with Gasteiger partial charge in [0.05, 0.1) is 38.2 Å². The fourth-order valence-electron chi connectivity index (χ4n) is 3.10. The van der Waals surface area contributed by atoms with Gasteiger partial charge in [0.15, 0.2) is 5.82 Å². The number of rotatable bonds is 6. The van der Waals surface area contributed by atoms with E-state index in [1.54, 1.807) is 22.9 Å². The summed E-state index contributed by atoms with van der Waals surface area (Å²) in [5, 5.41) is 16.9. The lowest BCUT2D eigenvalue weighted by atomic mass is 9.97. The molecule has 1 saturated heterocycles. The summed E-state index contributed by atoms with van der Waals surface area (Å²) in [5.41, 5.74) is 7.13. The van der Waals surface area contributed by atoms with Crippen LogP contribution in [0.4, 0.5) is 11.5 Å². The highest BCUT2D eigenvalue weighted by molar-refractivity contribution is 9.10. The quantitative estimate of drug-likeness (QED) is 0.630. The molecule has 1 aromatic carbocycles. The van der Waals surface area contributed by atoms with Crippen molar-refractivity contribution < 1.29 is 19.1 Å². The van der Waals surface area contributed by atoms with Crippen molar-refractivity contribution in [1.29, 1.82) is 5.26 Å². The Hall–Kier alpha value is -2.90. The maximum atomic E-state index is 11.9. The monoisotopic (exact) mass is 461 g/mol. The van der Waals surface area contributed by atoms with Crippen molar-refractivity contribution in [1.82, 2.24) is 9.78 Å². The van der Waals surface area contributed by atoms with E-state index in [4.69, 9.17) is 10.5 Å². The van der Waals surface area contributed by atoms with Gasteiger partial charge in [-0.15, -0.1) is 0 Å². The summed E-state index contributed by atoms with van der Waals surface area (Å²) >= 11 is 3.43. The molecular weight excluding hydrogens is 442 g/mol. The van der Waals surface area contributed by atoms with Crippen molar-refractivity contribution in [3.05, 3.63) is 40.0 Å². The Balaban J connectivity index is 1.86. The second-order valence-corrected chi connectivity index (χ2v) is 7.44. The molecule has 0 bridgehead atoms. The molecule has 10 heteroatoms. The molecule has 1 fully saturated rings. The molecule has 2 aromatic rings. The van der Waals surface area contributed by atoms with Crippen molar-refractivity contribution in [2.45, 2.75) is 18.9 Å². The number of hydrogen-bond acceptors (Lipinski definition) is 7. The normalized spacial score (nSPS) is 18.7. The van der Waals surface area contributed by atoms with Crippen molar-refractivity contribution >= 4 is 39.3 Å². The Morgan fingerprint density at radius 3 is 2.97 bits per heavy atom. The highest BCUT2D eigenvalue weighted by Crippen LogP contribution is 2.29. The van der Waals surface area contributed by atoms with Gasteiger partial charge in [0, 0.05) is 23.0 Å². The summed E-state index contributed by atoms with van der Waals surface area (Å²) < 4.78 is 12.4. The summed E-state index contributed by atoms with van der Waals surface area (Å²) in [6.07, 6.45) is 2.27. The molecule has 1 aliphatic heterocycles.